The fraction of sp³-hybridized carbons (Fsp3) is 0.235. The summed E-state index contributed by atoms with van der Waals surface area (Å²) in [5.41, 5.74) is 2.09. The fourth-order valence-corrected chi connectivity index (χ4v) is 1.89. The summed E-state index contributed by atoms with van der Waals surface area (Å²) >= 11 is 0. The molecule has 2 aromatic carbocycles. The van der Waals surface area contributed by atoms with Crippen molar-refractivity contribution in [1.29, 1.82) is 0 Å². The number of nitrogens with one attached hydrogen (secondary N) is 1. The highest BCUT2D eigenvalue weighted by molar-refractivity contribution is 5.77. The van der Waals surface area contributed by atoms with Gasteiger partial charge in [-0.25, -0.2) is 0 Å². The van der Waals surface area contributed by atoms with E-state index in [2.05, 4.69) is 5.32 Å². The molecular formula is C17H19NO3. The van der Waals surface area contributed by atoms with E-state index in [-0.39, 0.29) is 12.5 Å². The quantitative estimate of drug-likeness (QED) is 0.887. The molecule has 2 aromatic rings. The Bertz CT molecular complexity index is 610. The highest BCUT2D eigenvalue weighted by atomic mass is 16.5. The van der Waals surface area contributed by atoms with Crippen molar-refractivity contribution < 1.29 is 14.3 Å². The molecule has 0 aliphatic carbocycles. The first kappa shape index (κ1) is 14.9. The van der Waals surface area contributed by atoms with E-state index in [9.17, 15) is 4.79 Å². The van der Waals surface area contributed by atoms with Gasteiger partial charge in [-0.1, -0.05) is 24.3 Å². The van der Waals surface area contributed by atoms with Crippen molar-refractivity contribution in [2.24, 2.45) is 0 Å². The number of hydrogen-bond acceptors (Lipinski definition) is 3. The highest BCUT2D eigenvalue weighted by Gasteiger charge is 2.03. The summed E-state index contributed by atoms with van der Waals surface area (Å²) in [5, 5.41) is 2.82. The lowest BCUT2D eigenvalue weighted by Crippen LogP contribution is -2.28. The molecule has 4 nitrogen and oxygen atoms in total. The maximum absolute atomic E-state index is 11.8. The zero-order valence-electron chi connectivity index (χ0n) is 12.3. The molecule has 1 N–H and O–H groups in total. The summed E-state index contributed by atoms with van der Waals surface area (Å²) < 4.78 is 10.6. The second-order valence-electron chi connectivity index (χ2n) is 4.73. The number of carbonyl (C=O) groups is 1. The first-order valence-corrected chi connectivity index (χ1v) is 6.76. The van der Waals surface area contributed by atoms with E-state index >= 15 is 0 Å². The SMILES string of the molecule is COc1cccc(CNC(=O)COc2cccc(C)c2)c1. The summed E-state index contributed by atoms with van der Waals surface area (Å²) in [5.74, 6) is 1.32. The Labute approximate surface area is 124 Å². The Hall–Kier alpha value is -2.49. The summed E-state index contributed by atoms with van der Waals surface area (Å²) in [6.45, 7) is 2.44. The average molecular weight is 285 g/mol. The van der Waals surface area contributed by atoms with Crippen LogP contribution in [0.2, 0.25) is 0 Å². The van der Waals surface area contributed by atoms with E-state index in [1.807, 2.05) is 55.5 Å². The van der Waals surface area contributed by atoms with Crippen LogP contribution in [0.15, 0.2) is 48.5 Å². The molecule has 0 spiro atoms. The Balaban J connectivity index is 1.79. The van der Waals surface area contributed by atoms with Gasteiger partial charge in [0.1, 0.15) is 11.5 Å². The summed E-state index contributed by atoms with van der Waals surface area (Å²) in [7, 11) is 1.62. The van der Waals surface area contributed by atoms with Crippen molar-refractivity contribution in [1.82, 2.24) is 5.32 Å². The third-order valence-electron chi connectivity index (χ3n) is 2.98. The number of carbonyl (C=O) groups excluding carboxylic acids is 1. The molecule has 110 valence electrons. The van der Waals surface area contributed by atoms with E-state index < -0.39 is 0 Å². The molecule has 2 rings (SSSR count). The van der Waals surface area contributed by atoms with Crippen molar-refractivity contribution in [3.8, 4) is 11.5 Å². The number of aryl methyl sites for hydroxylation is 1. The standard InChI is InChI=1S/C17H19NO3/c1-13-5-3-8-16(9-13)21-12-17(19)18-11-14-6-4-7-15(10-14)20-2/h3-10H,11-12H2,1-2H3,(H,18,19). The molecule has 0 unspecified atom stereocenters. The molecule has 0 aromatic heterocycles. The topological polar surface area (TPSA) is 47.6 Å². The molecule has 1 amide bonds. The van der Waals surface area contributed by atoms with Gasteiger partial charge in [-0.3, -0.25) is 4.79 Å². The second-order valence-corrected chi connectivity index (χ2v) is 4.73. The van der Waals surface area contributed by atoms with E-state index in [0.29, 0.717) is 12.3 Å². The van der Waals surface area contributed by atoms with Crippen LogP contribution in [-0.4, -0.2) is 19.6 Å². The van der Waals surface area contributed by atoms with E-state index in [4.69, 9.17) is 9.47 Å². The molecule has 4 heteroatoms. The van der Waals surface area contributed by atoms with Crippen molar-refractivity contribution in [2.45, 2.75) is 13.5 Å². The molecule has 0 atom stereocenters. The second kappa shape index (κ2) is 7.33. The van der Waals surface area contributed by atoms with Gasteiger partial charge in [0.25, 0.3) is 5.91 Å². The molecule has 0 saturated heterocycles. The lowest BCUT2D eigenvalue weighted by Gasteiger charge is -2.09. The van der Waals surface area contributed by atoms with Gasteiger partial charge in [-0.2, -0.15) is 0 Å². The van der Waals surface area contributed by atoms with Gasteiger partial charge < -0.3 is 14.8 Å². The van der Waals surface area contributed by atoms with Gasteiger partial charge >= 0.3 is 0 Å². The lowest BCUT2D eigenvalue weighted by atomic mass is 10.2. The minimum atomic E-state index is -0.153. The number of hydrogen-bond donors (Lipinski definition) is 1. The summed E-state index contributed by atoms with van der Waals surface area (Å²) in [6, 6.07) is 15.2. The third kappa shape index (κ3) is 4.84. The van der Waals surface area contributed by atoms with Gasteiger partial charge in [-0.05, 0) is 42.3 Å². The molecule has 0 radical (unpaired) electrons. The van der Waals surface area contributed by atoms with Crippen LogP contribution < -0.4 is 14.8 Å². The molecule has 0 saturated carbocycles. The number of rotatable bonds is 6. The molecule has 0 bridgehead atoms. The zero-order valence-corrected chi connectivity index (χ0v) is 12.3. The Morgan fingerprint density at radius 1 is 1.10 bits per heavy atom. The smallest absolute Gasteiger partial charge is 0.258 e. The first-order valence-electron chi connectivity index (χ1n) is 6.76. The van der Waals surface area contributed by atoms with Crippen molar-refractivity contribution in [2.75, 3.05) is 13.7 Å². The third-order valence-corrected chi connectivity index (χ3v) is 2.98. The van der Waals surface area contributed by atoms with Gasteiger partial charge in [-0.15, -0.1) is 0 Å². The summed E-state index contributed by atoms with van der Waals surface area (Å²) in [6.07, 6.45) is 0. The monoisotopic (exact) mass is 285 g/mol. The first-order chi connectivity index (χ1) is 10.2. The predicted octanol–water partition coefficient (Wildman–Crippen LogP) is 2.70. The number of amides is 1. The minimum absolute atomic E-state index is 0.00736. The molecule has 0 aliphatic heterocycles. The van der Waals surface area contributed by atoms with Crippen LogP contribution in [-0.2, 0) is 11.3 Å². The molecule has 0 aliphatic rings. The largest absolute Gasteiger partial charge is 0.497 e. The molecule has 0 fully saturated rings. The van der Waals surface area contributed by atoms with Crippen LogP contribution in [0.25, 0.3) is 0 Å². The number of benzene rings is 2. The summed E-state index contributed by atoms with van der Waals surface area (Å²) in [4.78, 5) is 11.8. The van der Waals surface area contributed by atoms with E-state index in [1.165, 1.54) is 0 Å². The van der Waals surface area contributed by atoms with Crippen LogP contribution in [0.1, 0.15) is 11.1 Å². The van der Waals surface area contributed by atoms with Crippen LogP contribution in [0, 0.1) is 6.92 Å². The lowest BCUT2D eigenvalue weighted by molar-refractivity contribution is -0.123. The van der Waals surface area contributed by atoms with Crippen molar-refractivity contribution in [3.63, 3.8) is 0 Å². The van der Waals surface area contributed by atoms with Crippen LogP contribution in [0.5, 0.6) is 11.5 Å². The van der Waals surface area contributed by atoms with E-state index in [0.717, 1.165) is 16.9 Å². The number of methoxy groups -OCH3 is 1. The van der Waals surface area contributed by atoms with Crippen LogP contribution in [0.3, 0.4) is 0 Å². The minimum Gasteiger partial charge on any atom is -0.497 e. The molecular weight excluding hydrogens is 266 g/mol. The Morgan fingerprint density at radius 3 is 2.62 bits per heavy atom. The van der Waals surface area contributed by atoms with Crippen LogP contribution >= 0.6 is 0 Å². The predicted molar refractivity (Wildman–Crippen MR) is 81.5 cm³/mol. The highest BCUT2D eigenvalue weighted by Crippen LogP contribution is 2.13. The Morgan fingerprint density at radius 2 is 1.86 bits per heavy atom. The van der Waals surface area contributed by atoms with Gasteiger partial charge in [0, 0.05) is 6.54 Å². The van der Waals surface area contributed by atoms with Gasteiger partial charge in [0.2, 0.25) is 0 Å². The zero-order chi connectivity index (χ0) is 15.1. The van der Waals surface area contributed by atoms with Crippen LogP contribution in [0.4, 0.5) is 0 Å². The fourth-order valence-electron chi connectivity index (χ4n) is 1.89. The maximum atomic E-state index is 11.8. The number of ether oxygens (including phenoxy) is 2. The van der Waals surface area contributed by atoms with Gasteiger partial charge in [0.05, 0.1) is 7.11 Å². The Kier molecular flexibility index (Phi) is 5.21. The van der Waals surface area contributed by atoms with Gasteiger partial charge in [0.15, 0.2) is 6.61 Å². The normalized spacial score (nSPS) is 10.0. The maximum Gasteiger partial charge on any atom is 0.258 e. The molecule has 0 heterocycles. The van der Waals surface area contributed by atoms with E-state index in [1.54, 1.807) is 7.11 Å². The average Bonchev–Trinajstić information content (AvgIpc) is 2.51. The molecule has 21 heavy (non-hydrogen) atoms. The van der Waals surface area contributed by atoms with Crippen molar-refractivity contribution in [3.05, 3.63) is 59.7 Å². The van der Waals surface area contributed by atoms with Crippen molar-refractivity contribution >= 4 is 5.91 Å².